The van der Waals surface area contributed by atoms with Gasteiger partial charge in [0.05, 0.1) is 6.10 Å². The summed E-state index contributed by atoms with van der Waals surface area (Å²) in [6.07, 6.45) is 1.44. The maximum Gasteiger partial charge on any atom is 0.123 e. The summed E-state index contributed by atoms with van der Waals surface area (Å²) in [5, 5.41) is 10.1. The molecule has 2 atom stereocenters. The standard InChI is InChI=1S/C16H25FN2O/c1-18-9-7-13(11-18)12-19(2)10-8-16(20)14-3-5-15(17)6-4-14/h3-6,13,16,20H,7-12H2,1-2H3. The van der Waals surface area contributed by atoms with Crippen LogP contribution in [0.5, 0.6) is 0 Å². The fourth-order valence-corrected chi connectivity index (χ4v) is 2.90. The van der Waals surface area contributed by atoms with Gasteiger partial charge in [-0.15, -0.1) is 0 Å². The highest BCUT2D eigenvalue weighted by atomic mass is 19.1. The molecule has 1 N–H and O–H groups in total. The van der Waals surface area contributed by atoms with Gasteiger partial charge < -0.3 is 14.9 Å². The number of aliphatic hydroxyl groups is 1. The summed E-state index contributed by atoms with van der Waals surface area (Å²) < 4.78 is 12.8. The molecule has 0 amide bonds. The first kappa shape index (κ1) is 15.4. The van der Waals surface area contributed by atoms with Crippen molar-refractivity contribution in [3.8, 4) is 0 Å². The van der Waals surface area contributed by atoms with Crippen LogP contribution in [0, 0.1) is 11.7 Å². The molecule has 0 radical (unpaired) electrons. The van der Waals surface area contributed by atoms with E-state index in [9.17, 15) is 9.50 Å². The summed E-state index contributed by atoms with van der Waals surface area (Å²) in [5.74, 6) is 0.483. The Morgan fingerprint density at radius 2 is 2.10 bits per heavy atom. The van der Waals surface area contributed by atoms with Gasteiger partial charge in [-0.2, -0.15) is 0 Å². The van der Waals surface area contributed by atoms with Gasteiger partial charge in [0.1, 0.15) is 5.82 Å². The maximum absolute atomic E-state index is 12.8. The Morgan fingerprint density at radius 3 is 2.70 bits per heavy atom. The van der Waals surface area contributed by atoms with E-state index in [1.165, 1.54) is 31.6 Å². The van der Waals surface area contributed by atoms with Crippen molar-refractivity contribution in [3.63, 3.8) is 0 Å². The zero-order chi connectivity index (χ0) is 14.5. The first-order valence-electron chi connectivity index (χ1n) is 7.35. The molecule has 4 heteroatoms. The van der Waals surface area contributed by atoms with Crippen molar-refractivity contribution in [1.82, 2.24) is 9.80 Å². The average Bonchev–Trinajstić information content (AvgIpc) is 2.82. The molecule has 112 valence electrons. The molecule has 1 aromatic carbocycles. The van der Waals surface area contributed by atoms with Gasteiger partial charge >= 0.3 is 0 Å². The van der Waals surface area contributed by atoms with Crippen molar-refractivity contribution in [2.24, 2.45) is 5.92 Å². The first-order valence-corrected chi connectivity index (χ1v) is 7.35. The molecule has 1 aromatic rings. The van der Waals surface area contributed by atoms with E-state index in [-0.39, 0.29) is 5.82 Å². The van der Waals surface area contributed by atoms with Crippen LogP contribution >= 0.6 is 0 Å². The molecule has 0 spiro atoms. The highest BCUT2D eigenvalue weighted by Gasteiger charge is 2.20. The number of hydrogen-bond donors (Lipinski definition) is 1. The van der Waals surface area contributed by atoms with Crippen LogP contribution in [0.4, 0.5) is 4.39 Å². The first-order chi connectivity index (χ1) is 9.54. The Morgan fingerprint density at radius 1 is 1.40 bits per heavy atom. The molecule has 2 rings (SSSR count). The van der Waals surface area contributed by atoms with Crippen LogP contribution in [0.2, 0.25) is 0 Å². The lowest BCUT2D eigenvalue weighted by Gasteiger charge is -2.22. The van der Waals surface area contributed by atoms with Gasteiger partial charge in [0.15, 0.2) is 0 Å². The number of halogens is 1. The van der Waals surface area contributed by atoms with Crippen LogP contribution in [0.3, 0.4) is 0 Å². The predicted octanol–water partition coefficient (Wildman–Crippen LogP) is 2.13. The molecular weight excluding hydrogens is 255 g/mol. The van der Waals surface area contributed by atoms with Crippen molar-refractivity contribution in [3.05, 3.63) is 35.6 Å². The second-order valence-corrected chi connectivity index (χ2v) is 6.04. The lowest BCUT2D eigenvalue weighted by atomic mass is 10.1. The molecular formula is C16H25FN2O. The second kappa shape index (κ2) is 7.16. The van der Waals surface area contributed by atoms with Crippen molar-refractivity contribution < 1.29 is 9.50 Å². The van der Waals surface area contributed by atoms with Gasteiger partial charge in [0, 0.05) is 19.6 Å². The number of likely N-dealkylation sites (tertiary alicyclic amines) is 1. The van der Waals surface area contributed by atoms with Gasteiger partial charge in [-0.05, 0) is 57.1 Å². The number of aliphatic hydroxyl groups excluding tert-OH is 1. The zero-order valence-corrected chi connectivity index (χ0v) is 12.4. The molecule has 0 aliphatic carbocycles. The highest BCUT2D eigenvalue weighted by Crippen LogP contribution is 2.19. The van der Waals surface area contributed by atoms with Crippen molar-refractivity contribution in [1.29, 1.82) is 0 Å². The third-order valence-electron chi connectivity index (χ3n) is 4.10. The van der Waals surface area contributed by atoms with Crippen LogP contribution in [-0.4, -0.2) is 55.2 Å². The van der Waals surface area contributed by atoms with E-state index >= 15 is 0 Å². The quantitative estimate of drug-likeness (QED) is 0.865. The molecule has 1 fully saturated rings. The van der Waals surface area contributed by atoms with Crippen LogP contribution < -0.4 is 0 Å². The summed E-state index contributed by atoms with van der Waals surface area (Å²) in [6.45, 7) is 4.31. The topological polar surface area (TPSA) is 26.7 Å². The van der Waals surface area contributed by atoms with Crippen molar-refractivity contribution >= 4 is 0 Å². The Balaban J connectivity index is 1.72. The van der Waals surface area contributed by atoms with E-state index < -0.39 is 6.10 Å². The largest absolute Gasteiger partial charge is 0.388 e. The highest BCUT2D eigenvalue weighted by molar-refractivity contribution is 5.18. The van der Waals surface area contributed by atoms with Crippen LogP contribution in [-0.2, 0) is 0 Å². The van der Waals surface area contributed by atoms with Crippen LogP contribution in [0.1, 0.15) is 24.5 Å². The number of hydrogen-bond acceptors (Lipinski definition) is 3. The SMILES string of the molecule is CN1CCC(CN(C)CCC(O)c2ccc(F)cc2)C1. The third-order valence-corrected chi connectivity index (χ3v) is 4.10. The normalized spacial score (nSPS) is 21.6. The van der Waals surface area contributed by atoms with E-state index in [1.807, 2.05) is 0 Å². The lowest BCUT2D eigenvalue weighted by Crippen LogP contribution is -2.29. The molecule has 1 aliphatic heterocycles. The maximum atomic E-state index is 12.8. The van der Waals surface area contributed by atoms with E-state index in [1.54, 1.807) is 12.1 Å². The minimum Gasteiger partial charge on any atom is -0.388 e. The van der Waals surface area contributed by atoms with Gasteiger partial charge in [-0.3, -0.25) is 0 Å². The monoisotopic (exact) mass is 280 g/mol. The number of rotatable bonds is 6. The Bertz CT molecular complexity index is 409. The molecule has 3 nitrogen and oxygen atoms in total. The Kier molecular flexibility index (Phi) is 5.52. The molecule has 0 saturated carbocycles. The minimum absolute atomic E-state index is 0.261. The summed E-state index contributed by atoms with van der Waals surface area (Å²) >= 11 is 0. The molecule has 0 aromatic heterocycles. The molecule has 0 bridgehead atoms. The smallest absolute Gasteiger partial charge is 0.123 e. The van der Waals surface area contributed by atoms with Crippen LogP contribution in [0.25, 0.3) is 0 Å². The Hall–Kier alpha value is -0.970. The second-order valence-electron chi connectivity index (χ2n) is 6.04. The fourth-order valence-electron chi connectivity index (χ4n) is 2.90. The van der Waals surface area contributed by atoms with Gasteiger partial charge in [0.2, 0.25) is 0 Å². The summed E-state index contributed by atoms with van der Waals surface area (Å²) in [6, 6.07) is 6.12. The average molecular weight is 280 g/mol. The Labute approximate surface area is 121 Å². The van der Waals surface area contributed by atoms with Gasteiger partial charge in [-0.25, -0.2) is 4.39 Å². The van der Waals surface area contributed by atoms with Crippen molar-refractivity contribution in [2.75, 3.05) is 40.3 Å². The van der Waals surface area contributed by atoms with E-state index in [0.717, 1.165) is 24.6 Å². The molecule has 1 saturated heterocycles. The van der Waals surface area contributed by atoms with Crippen LogP contribution in [0.15, 0.2) is 24.3 Å². The zero-order valence-electron chi connectivity index (χ0n) is 12.4. The number of benzene rings is 1. The minimum atomic E-state index is -0.510. The fraction of sp³-hybridized carbons (Fsp3) is 0.625. The van der Waals surface area contributed by atoms with Gasteiger partial charge in [0.25, 0.3) is 0 Å². The van der Waals surface area contributed by atoms with E-state index in [2.05, 4.69) is 23.9 Å². The van der Waals surface area contributed by atoms with E-state index in [4.69, 9.17) is 0 Å². The predicted molar refractivity (Wildman–Crippen MR) is 79.1 cm³/mol. The number of nitrogens with zero attached hydrogens (tertiary/aromatic N) is 2. The molecule has 1 heterocycles. The van der Waals surface area contributed by atoms with Gasteiger partial charge in [-0.1, -0.05) is 12.1 Å². The third kappa shape index (κ3) is 4.54. The lowest BCUT2D eigenvalue weighted by molar-refractivity contribution is 0.144. The molecule has 20 heavy (non-hydrogen) atoms. The van der Waals surface area contributed by atoms with E-state index in [0.29, 0.717) is 6.42 Å². The summed E-state index contributed by atoms with van der Waals surface area (Å²) in [4.78, 5) is 4.66. The summed E-state index contributed by atoms with van der Waals surface area (Å²) in [5.41, 5.74) is 0.792. The summed E-state index contributed by atoms with van der Waals surface area (Å²) in [7, 11) is 4.27. The molecule has 2 unspecified atom stereocenters. The molecule has 1 aliphatic rings. The van der Waals surface area contributed by atoms with Crippen molar-refractivity contribution in [2.45, 2.75) is 18.9 Å².